The molecule has 23 aromatic carbocycles. The van der Waals surface area contributed by atoms with E-state index in [1.165, 1.54) is 217 Å². The van der Waals surface area contributed by atoms with Crippen LogP contribution in [0.2, 0.25) is 0 Å². The first-order valence-electron chi connectivity index (χ1n) is 51.5. The lowest BCUT2D eigenvalue weighted by atomic mass is 9.20. The van der Waals surface area contributed by atoms with Crippen LogP contribution < -0.4 is 116 Å². The molecule has 8 aliphatic rings. The second kappa shape index (κ2) is 35.7. The first kappa shape index (κ1) is 86.0. The minimum absolute atomic E-state index is 0.00577. The largest absolute Gasteiger partial charge is 0.312 e. The Morgan fingerprint density at radius 1 is 0.115 bits per heavy atom. The molecule has 23 aromatic rings. The molecular formula is C136H92B5N7. The molecule has 0 radical (unpaired) electrons. The minimum atomic E-state index is -0.00577. The van der Waals surface area contributed by atoms with Crippen LogP contribution in [0.25, 0.3) is 44.2 Å². The minimum Gasteiger partial charge on any atom is -0.312 e. The van der Waals surface area contributed by atoms with Gasteiger partial charge >= 0.3 is 0 Å². The molecule has 0 fully saturated rings. The van der Waals surface area contributed by atoms with Crippen LogP contribution in [0, 0.1) is 0 Å². The van der Waals surface area contributed by atoms with Crippen LogP contribution in [0.1, 0.15) is 0 Å². The van der Waals surface area contributed by atoms with Crippen molar-refractivity contribution >= 4 is 246 Å². The molecule has 31 rings (SSSR count). The average molecular weight is 1880 g/mol. The number of hydrogen-bond acceptors (Lipinski definition) is 7. The van der Waals surface area contributed by atoms with Crippen molar-refractivity contribution in [3.63, 3.8) is 0 Å². The van der Waals surface area contributed by atoms with Gasteiger partial charge in [-0.1, -0.05) is 404 Å². The van der Waals surface area contributed by atoms with E-state index in [1.807, 2.05) is 0 Å². The van der Waals surface area contributed by atoms with E-state index in [1.54, 1.807) is 0 Å². The van der Waals surface area contributed by atoms with Crippen LogP contribution in [-0.2, 0) is 0 Å². The number of para-hydroxylation sites is 12. The molecule has 7 nitrogen and oxygen atoms in total. The van der Waals surface area contributed by atoms with Crippen molar-refractivity contribution in [1.82, 2.24) is 0 Å². The molecule has 0 spiro atoms. The lowest BCUT2D eigenvalue weighted by Gasteiger charge is -2.45. The summed E-state index contributed by atoms with van der Waals surface area (Å²) in [5.41, 5.74) is 52.8. The molecule has 12 heteroatoms. The molecule has 686 valence electrons. The molecule has 148 heavy (non-hydrogen) atoms. The van der Waals surface area contributed by atoms with E-state index in [2.05, 4.69) is 592 Å². The zero-order chi connectivity index (χ0) is 97.4. The predicted molar refractivity (Wildman–Crippen MR) is 632 cm³/mol. The topological polar surface area (TPSA) is 22.7 Å². The van der Waals surface area contributed by atoms with Crippen LogP contribution in [0.5, 0.6) is 0 Å². The van der Waals surface area contributed by atoms with E-state index in [9.17, 15) is 0 Å². The molecule has 8 aliphatic heterocycles. The maximum absolute atomic E-state index is 2.56. The van der Waals surface area contributed by atoms with Crippen molar-refractivity contribution in [2.45, 2.75) is 0 Å². The summed E-state index contributed by atoms with van der Waals surface area (Å²) in [5, 5.41) is 2.53. The van der Waals surface area contributed by atoms with Crippen molar-refractivity contribution in [3.05, 3.63) is 558 Å². The van der Waals surface area contributed by atoms with Crippen molar-refractivity contribution in [3.8, 4) is 33.4 Å². The smallest absolute Gasteiger partial charge is 0.252 e. The Kier molecular flexibility index (Phi) is 20.7. The van der Waals surface area contributed by atoms with Crippen LogP contribution in [0.4, 0.5) is 119 Å². The Morgan fingerprint density at radius 3 is 0.750 bits per heavy atom. The Hall–Kier alpha value is -18.8. The third-order valence-corrected chi connectivity index (χ3v) is 31.6. The Bertz CT molecular complexity index is 8880. The first-order chi connectivity index (χ1) is 73.5. The first-order valence-corrected chi connectivity index (χ1v) is 51.5. The van der Waals surface area contributed by atoms with Crippen LogP contribution in [0.3, 0.4) is 0 Å². The molecule has 0 N–H and O–H groups in total. The average Bonchev–Trinajstić information content (AvgIpc) is 0.687. The van der Waals surface area contributed by atoms with Gasteiger partial charge in [0, 0.05) is 119 Å². The van der Waals surface area contributed by atoms with Gasteiger partial charge < -0.3 is 34.3 Å². The highest BCUT2D eigenvalue weighted by molar-refractivity contribution is 7.12. The molecule has 0 amide bonds. The van der Waals surface area contributed by atoms with Crippen molar-refractivity contribution in [1.29, 1.82) is 0 Å². The van der Waals surface area contributed by atoms with Gasteiger partial charge in [-0.15, -0.1) is 0 Å². The van der Waals surface area contributed by atoms with Crippen LogP contribution in [0.15, 0.2) is 558 Å². The zero-order valence-corrected chi connectivity index (χ0v) is 81.1. The van der Waals surface area contributed by atoms with Crippen molar-refractivity contribution in [2.75, 3.05) is 34.3 Å². The van der Waals surface area contributed by atoms with Gasteiger partial charge in [-0.2, -0.15) is 0 Å². The summed E-state index contributed by atoms with van der Waals surface area (Å²) in [6.45, 7) is 0.462. The van der Waals surface area contributed by atoms with Gasteiger partial charge in [0.1, 0.15) is 0 Å². The molecule has 0 unspecified atom stereocenters. The summed E-state index contributed by atoms with van der Waals surface area (Å²) in [7, 11) is 0. The molecule has 0 aromatic heterocycles. The highest BCUT2D eigenvalue weighted by Gasteiger charge is 2.51. The third kappa shape index (κ3) is 13.9. The second-order valence-corrected chi connectivity index (χ2v) is 39.5. The number of fused-ring (bicyclic) bond motifs is 18. The van der Waals surface area contributed by atoms with Crippen LogP contribution >= 0.6 is 0 Å². The van der Waals surface area contributed by atoms with Crippen molar-refractivity contribution in [2.24, 2.45) is 0 Å². The zero-order valence-electron chi connectivity index (χ0n) is 81.1. The maximum Gasteiger partial charge on any atom is 0.252 e. The summed E-state index contributed by atoms with van der Waals surface area (Å²) in [6.07, 6.45) is 0. The number of benzene rings is 23. The van der Waals surface area contributed by atoms with Gasteiger partial charge in [-0.25, -0.2) is 0 Å². The fourth-order valence-electron chi connectivity index (χ4n) is 25.6. The third-order valence-electron chi connectivity index (χ3n) is 31.6. The van der Waals surface area contributed by atoms with Gasteiger partial charge in [0.15, 0.2) is 0 Å². The summed E-state index contributed by atoms with van der Waals surface area (Å²) < 4.78 is 0. The number of rotatable bonds is 11. The fraction of sp³-hybridized carbons (Fsp3) is 0. The summed E-state index contributed by atoms with van der Waals surface area (Å²) in [4.78, 5) is 17.4. The van der Waals surface area contributed by atoms with Gasteiger partial charge in [0.2, 0.25) is 13.4 Å². The van der Waals surface area contributed by atoms with Gasteiger partial charge in [0.25, 0.3) is 20.1 Å². The fourth-order valence-corrected chi connectivity index (χ4v) is 25.6. The number of nitrogens with zero attached hydrogens (tertiary/aromatic N) is 7. The summed E-state index contributed by atoms with van der Waals surface area (Å²) in [6, 6.07) is 205. The van der Waals surface area contributed by atoms with E-state index in [0.29, 0.717) is 0 Å². The normalized spacial score (nSPS) is 13.2. The van der Waals surface area contributed by atoms with Crippen molar-refractivity contribution < 1.29 is 0 Å². The number of hydrogen-bond donors (Lipinski definition) is 0. The summed E-state index contributed by atoms with van der Waals surface area (Å²) >= 11 is 0. The SMILES string of the molecule is c1ccc(-c2cc3c4c(c2)N(c2ccccc2)c2ccccc2B4c2ccccc2N3c2ccccc2)cc1.c1ccc(-c2cccc(-c3cc4c5c(c3)N(c3ccccc3)c3ccccc3B5c3ccccc3N4c3ccccc3)c2)cc1.c1ccc(B2c3ccccc3B3c4cc5ccc6c(c5cc4N(c4ccccc4)c4cccc2c43)B2c3ccccc3N(c3ccccc3)c3cccc(c32)N6c2ccccc2)cc1. The lowest BCUT2D eigenvalue weighted by Crippen LogP contribution is -2.76. The quantitative estimate of drug-likeness (QED) is 0.119. The molecule has 8 heterocycles. The summed E-state index contributed by atoms with van der Waals surface area (Å²) in [5.74, 6) is 0. The molecule has 0 atom stereocenters. The Balaban J connectivity index is 0.000000109. The highest BCUT2D eigenvalue weighted by Crippen LogP contribution is 2.52. The van der Waals surface area contributed by atoms with Crippen LogP contribution in [-0.4, -0.2) is 33.6 Å². The Morgan fingerprint density at radius 2 is 0.358 bits per heavy atom. The number of anilines is 21. The molecule has 0 saturated carbocycles. The van der Waals surface area contributed by atoms with E-state index in [-0.39, 0.29) is 33.6 Å². The predicted octanol–water partition coefficient (Wildman–Crippen LogP) is 24.6. The molecule has 0 bridgehead atoms. The Labute approximate surface area is 865 Å². The maximum atomic E-state index is 2.56. The second-order valence-electron chi connectivity index (χ2n) is 39.5. The lowest BCUT2D eigenvalue weighted by molar-refractivity contribution is 1.25. The van der Waals surface area contributed by atoms with E-state index in [0.717, 1.165) is 28.4 Å². The van der Waals surface area contributed by atoms with Gasteiger partial charge in [-0.3, -0.25) is 0 Å². The molecule has 0 saturated heterocycles. The van der Waals surface area contributed by atoms with E-state index >= 15 is 0 Å². The monoisotopic (exact) mass is 1880 g/mol. The van der Waals surface area contributed by atoms with Gasteiger partial charge in [0.05, 0.1) is 0 Å². The van der Waals surface area contributed by atoms with E-state index in [4.69, 9.17) is 0 Å². The molecule has 0 aliphatic carbocycles. The van der Waals surface area contributed by atoms with Gasteiger partial charge in [-0.05, 0) is 280 Å². The molecular weight excluding hydrogens is 1790 g/mol. The standard InChI is InChI=1S/C58H38B3N3.C42H29BN2.C36H25BN2/c1-5-19-40(20-6-1)59-45-27-13-14-28-46(45)60-49-37-39-35-36-54-56(44(39)38-55(49)64(43-25-11-4-12-26-43)51-32-17-30-48(59)57(51)60)61-47-29-15-16-31-50(47)62(41-21-7-2-8-22-41)52-33-18-34-53(58(52)61)63(54)42-23-9-3-10-24-42;1-4-15-30(16-5-1)31-17-14-18-32(27-31)33-28-40-42-41(29-33)45(35-21-8-3-9-22-35)39-26-13-11-24-37(39)43(42)36-23-10-12-25-38(36)44(40)34-19-6-2-7-20-34;1-4-14-26(15-5-1)27-24-34-36-35(25-27)39(29-18-8-3-9-19-29)33-23-13-11-21-31(33)37(36)30-20-10-12-22-32(30)38(34)28-16-6-2-7-17-28/h1-38H;1-29H;1-25H. The van der Waals surface area contributed by atoms with E-state index < -0.39 is 0 Å². The highest BCUT2D eigenvalue weighted by atomic mass is 15.2.